The van der Waals surface area contributed by atoms with E-state index >= 15 is 0 Å². The van der Waals surface area contributed by atoms with Gasteiger partial charge in [0, 0.05) is 16.8 Å². The van der Waals surface area contributed by atoms with Gasteiger partial charge in [0.15, 0.2) is 0 Å². The van der Waals surface area contributed by atoms with Gasteiger partial charge in [-0.1, -0.05) is 0 Å². The Morgan fingerprint density at radius 3 is 2.57 bits per heavy atom. The molecule has 0 fully saturated rings. The van der Waals surface area contributed by atoms with Gasteiger partial charge in [-0.05, 0) is 45.0 Å². The summed E-state index contributed by atoms with van der Waals surface area (Å²) in [6.45, 7) is 5.77. The number of aromatic nitrogens is 2. The van der Waals surface area contributed by atoms with Crippen LogP contribution < -0.4 is 4.72 Å². The highest BCUT2D eigenvalue weighted by molar-refractivity contribution is 7.94. The van der Waals surface area contributed by atoms with Crippen molar-refractivity contribution < 1.29 is 8.42 Å². The normalized spacial score (nSPS) is 12.0. The van der Waals surface area contributed by atoms with Crippen molar-refractivity contribution in [2.45, 2.75) is 25.0 Å². The first-order valence-electron chi connectivity index (χ1n) is 6.41. The number of rotatable bonds is 3. The average molecular weight is 321 g/mol. The summed E-state index contributed by atoms with van der Waals surface area (Å²) >= 11 is 1.26. The minimum Gasteiger partial charge on any atom is -0.302 e. The van der Waals surface area contributed by atoms with Crippen LogP contribution in [0.15, 0.2) is 34.7 Å². The Hall–Kier alpha value is -1.86. The van der Waals surface area contributed by atoms with Gasteiger partial charge in [-0.25, -0.2) is 13.4 Å². The van der Waals surface area contributed by atoms with Gasteiger partial charge >= 0.3 is 0 Å². The molecule has 0 aliphatic rings. The van der Waals surface area contributed by atoms with E-state index in [1.165, 1.54) is 11.3 Å². The fourth-order valence-corrected chi connectivity index (χ4v) is 4.43. The van der Waals surface area contributed by atoms with Gasteiger partial charge in [0.2, 0.25) is 0 Å². The van der Waals surface area contributed by atoms with Gasteiger partial charge in [-0.3, -0.25) is 4.72 Å². The molecule has 0 bridgehead atoms. The van der Waals surface area contributed by atoms with Crippen molar-refractivity contribution >= 4 is 32.7 Å². The van der Waals surface area contributed by atoms with E-state index in [0.29, 0.717) is 9.90 Å². The van der Waals surface area contributed by atoms with Crippen molar-refractivity contribution in [3.63, 3.8) is 0 Å². The van der Waals surface area contributed by atoms with Crippen LogP contribution in [0.1, 0.15) is 16.3 Å². The smallest absolute Gasteiger partial charge is 0.271 e. The van der Waals surface area contributed by atoms with Crippen molar-refractivity contribution in [3.8, 4) is 0 Å². The summed E-state index contributed by atoms with van der Waals surface area (Å²) in [5, 5.41) is 0. The number of pyridine rings is 1. The first-order valence-corrected chi connectivity index (χ1v) is 8.71. The molecule has 0 amide bonds. The number of nitrogens with one attached hydrogen (secondary N) is 1. The third kappa shape index (κ3) is 2.54. The van der Waals surface area contributed by atoms with E-state index in [0.717, 1.165) is 21.9 Å². The van der Waals surface area contributed by atoms with Gasteiger partial charge < -0.3 is 4.40 Å². The molecule has 0 spiro atoms. The molecule has 5 nitrogen and oxygen atoms in total. The van der Waals surface area contributed by atoms with Crippen molar-refractivity contribution in [3.05, 3.63) is 46.7 Å². The van der Waals surface area contributed by atoms with Gasteiger partial charge in [0.05, 0.1) is 11.4 Å². The Bertz CT molecular complexity index is 923. The number of hydrogen-bond acceptors (Lipinski definition) is 4. The van der Waals surface area contributed by atoms with Gasteiger partial charge in [-0.15, -0.1) is 11.3 Å². The number of imidazole rings is 1. The standard InChI is InChI=1S/C14H15N3O2S2/c1-9-4-7-14(20-9)21(18,19)16-12-5-6-13-15-10(2)11(3)17(13)8-12/h4-8,16H,1-3H3. The maximum absolute atomic E-state index is 12.3. The summed E-state index contributed by atoms with van der Waals surface area (Å²) in [6.07, 6.45) is 1.75. The summed E-state index contributed by atoms with van der Waals surface area (Å²) in [7, 11) is -3.53. The molecule has 0 aromatic carbocycles. The Morgan fingerprint density at radius 2 is 1.90 bits per heavy atom. The number of fused-ring (bicyclic) bond motifs is 1. The molecule has 3 rings (SSSR count). The first kappa shape index (κ1) is 14.1. The van der Waals surface area contributed by atoms with E-state index in [2.05, 4.69) is 9.71 Å². The maximum atomic E-state index is 12.3. The summed E-state index contributed by atoms with van der Waals surface area (Å²) in [5.74, 6) is 0. The highest BCUT2D eigenvalue weighted by Crippen LogP contribution is 2.24. The van der Waals surface area contributed by atoms with Crippen molar-refractivity contribution in [2.75, 3.05) is 4.72 Å². The zero-order chi connectivity index (χ0) is 15.2. The zero-order valence-corrected chi connectivity index (χ0v) is 13.5. The molecule has 0 radical (unpaired) electrons. The number of sulfonamides is 1. The molecule has 0 atom stereocenters. The predicted molar refractivity (Wildman–Crippen MR) is 84.5 cm³/mol. The number of aryl methyl sites for hydroxylation is 3. The SMILES string of the molecule is Cc1ccc(S(=O)(=O)Nc2ccc3nc(C)c(C)n3c2)s1. The first-order chi connectivity index (χ1) is 9.87. The van der Waals surface area contributed by atoms with Crippen LogP contribution in [-0.4, -0.2) is 17.8 Å². The molecule has 21 heavy (non-hydrogen) atoms. The minimum absolute atomic E-state index is 0.318. The molecule has 7 heteroatoms. The Balaban J connectivity index is 2.00. The van der Waals surface area contributed by atoms with Crippen LogP contribution >= 0.6 is 11.3 Å². The molecule has 0 saturated heterocycles. The summed E-state index contributed by atoms with van der Waals surface area (Å²) in [6, 6.07) is 6.94. The lowest BCUT2D eigenvalue weighted by Crippen LogP contribution is -2.11. The number of nitrogens with zero attached hydrogens (tertiary/aromatic N) is 2. The Kier molecular flexibility index (Phi) is 3.26. The molecule has 0 aliphatic carbocycles. The maximum Gasteiger partial charge on any atom is 0.271 e. The molecular weight excluding hydrogens is 306 g/mol. The fraction of sp³-hybridized carbons (Fsp3) is 0.214. The van der Waals surface area contributed by atoms with Gasteiger partial charge in [-0.2, -0.15) is 0 Å². The lowest BCUT2D eigenvalue weighted by molar-refractivity contribution is 0.603. The van der Waals surface area contributed by atoms with Crippen LogP contribution in [0.5, 0.6) is 0 Å². The Labute approximate surface area is 127 Å². The summed E-state index contributed by atoms with van der Waals surface area (Å²) < 4.78 is 29.4. The molecule has 3 aromatic rings. The summed E-state index contributed by atoms with van der Waals surface area (Å²) in [5.41, 5.74) is 3.26. The number of hydrogen-bond donors (Lipinski definition) is 1. The molecule has 1 N–H and O–H groups in total. The molecule has 3 aromatic heterocycles. The van der Waals surface area contributed by atoms with Crippen LogP contribution in [0.3, 0.4) is 0 Å². The second kappa shape index (κ2) is 4.85. The van der Waals surface area contributed by atoms with Gasteiger partial charge in [0.1, 0.15) is 9.86 Å². The molecule has 110 valence electrons. The third-order valence-corrected chi connectivity index (χ3v) is 6.20. The fourth-order valence-electron chi connectivity index (χ4n) is 2.10. The monoisotopic (exact) mass is 321 g/mol. The number of anilines is 1. The van der Waals surface area contributed by atoms with E-state index in [4.69, 9.17) is 0 Å². The predicted octanol–water partition coefficient (Wildman–Crippen LogP) is 3.12. The highest BCUT2D eigenvalue weighted by Gasteiger charge is 2.16. The van der Waals surface area contributed by atoms with E-state index < -0.39 is 10.0 Å². The quantitative estimate of drug-likeness (QED) is 0.806. The third-order valence-electron chi connectivity index (χ3n) is 3.33. The van der Waals surface area contributed by atoms with Gasteiger partial charge in [0.25, 0.3) is 10.0 Å². The van der Waals surface area contributed by atoms with Crippen LogP contribution in [0, 0.1) is 20.8 Å². The van der Waals surface area contributed by atoms with E-state index in [9.17, 15) is 8.42 Å². The largest absolute Gasteiger partial charge is 0.302 e. The van der Waals surface area contributed by atoms with Crippen molar-refractivity contribution in [1.29, 1.82) is 0 Å². The molecule has 3 heterocycles. The van der Waals surface area contributed by atoms with Crippen LogP contribution in [-0.2, 0) is 10.0 Å². The van der Waals surface area contributed by atoms with Crippen LogP contribution in [0.2, 0.25) is 0 Å². The van der Waals surface area contributed by atoms with Crippen LogP contribution in [0.25, 0.3) is 5.65 Å². The topological polar surface area (TPSA) is 63.5 Å². The van der Waals surface area contributed by atoms with Crippen molar-refractivity contribution in [1.82, 2.24) is 9.38 Å². The lowest BCUT2D eigenvalue weighted by Gasteiger charge is -2.07. The highest BCUT2D eigenvalue weighted by atomic mass is 32.2. The molecule has 0 unspecified atom stereocenters. The van der Waals surface area contributed by atoms with E-state index in [1.807, 2.05) is 25.2 Å². The van der Waals surface area contributed by atoms with E-state index in [-0.39, 0.29) is 0 Å². The minimum atomic E-state index is -3.53. The second-order valence-electron chi connectivity index (χ2n) is 4.90. The lowest BCUT2D eigenvalue weighted by atomic mass is 10.4. The summed E-state index contributed by atoms with van der Waals surface area (Å²) in [4.78, 5) is 5.36. The van der Waals surface area contributed by atoms with Crippen LogP contribution in [0.4, 0.5) is 5.69 Å². The second-order valence-corrected chi connectivity index (χ2v) is 8.10. The van der Waals surface area contributed by atoms with E-state index in [1.54, 1.807) is 30.5 Å². The molecule has 0 saturated carbocycles. The molecular formula is C14H15N3O2S2. The van der Waals surface area contributed by atoms with Crippen molar-refractivity contribution in [2.24, 2.45) is 0 Å². The average Bonchev–Trinajstić information content (AvgIpc) is 2.96. The molecule has 0 aliphatic heterocycles. The number of thiophene rings is 1. The Morgan fingerprint density at radius 1 is 1.14 bits per heavy atom. The zero-order valence-electron chi connectivity index (χ0n) is 11.9.